The molecule has 0 aromatic heterocycles. The molecule has 3 aliphatic rings. The van der Waals surface area contributed by atoms with Crippen LogP contribution in [0.3, 0.4) is 0 Å². The summed E-state index contributed by atoms with van der Waals surface area (Å²) in [6.45, 7) is 6.06. The Morgan fingerprint density at radius 2 is 2.03 bits per heavy atom. The summed E-state index contributed by atoms with van der Waals surface area (Å²) in [7, 11) is 0. The molecule has 31 heavy (non-hydrogen) atoms. The molecule has 2 bridgehead atoms. The second kappa shape index (κ2) is 10.3. The SMILES string of the molecule is CCCN1CC(=O)N2CC[C@@H](CC(=O)NC3CC3)[C@@H](/C=C/COc3ccccc3C1)C2. The number of rotatable bonds is 5. The van der Waals surface area contributed by atoms with Crippen molar-refractivity contribution in [3.05, 3.63) is 42.0 Å². The Balaban J connectivity index is 1.50. The van der Waals surface area contributed by atoms with Gasteiger partial charge in [0.2, 0.25) is 11.8 Å². The first kappa shape index (κ1) is 21.9. The number of ether oxygens (including phenoxy) is 1. The van der Waals surface area contributed by atoms with E-state index in [2.05, 4.69) is 35.4 Å². The lowest BCUT2D eigenvalue weighted by Crippen LogP contribution is -2.48. The zero-order valence-electron chi connectivity index (χ0n) is 18.6. The Bertz CT molecular complexity index is 805. The molecule has 0 spiro atoms. The lowest BCUT2D eigenvalue weighted by molar-refractivity contribution is -0.135. The van der Waals surface area contributed by atoms with Gasteiger partial charge in [0.1, 0.15) is 12.4 Å². The molecule has 2 atom stereocenters. The van der Waals surface area contributed by atoms with Gasteiger partial charge in [0.25, 0.3) is 0 Å². The van der Waals surface area contributed by atoms with Gasteiger partial charge in [-0.2, -0.15) is 0 Å². The Morgan fingerprint density at radius 3 is 2.84 bits per heavy atom. The molecular weight excluding hydrogens is 390 g/mol. The fourth-order valence-electron chi connectivity index (χ4n) is 4.69. The van der Waals surface area contributed by atoms with Gasteiger partial charge in [0.05, 0.1) is 6.54 Å². The molecule has 1 N–H and O–H groups in total. The maximum Gasteiger partial charge on any atom is 0.236 e. The van der Waals surface area contributed by atoms with Crippen LogP contribution in [0.15, 0.2) is 36.4 Å². The summed E-state index contributed by atoms with van der Waals surface area (Å²) in [6.07, 6.45) is 8.84. The van der Waals surface area contributed by atoms with Crippen LogP contribution in [0.4, 0.5) is 0 Å². The standard InChI is InChI=1S/C25H35N3O3/c1-2-12-27-16-21-6-3-4-8-23(21)31-14-5-7-20-17-28(25(30)18-27)13-11-19(20)15-24(29)26-22-9-10-22/h3-8,19-20,22H,2,9-18H2,1H3,(H,26,29)/b7-5+/t19-,20-/m0/s1. The minimum Gasteiger partial charge on any atom is -0.489 e. The van der Waals surface area contributed by atoms with Crippen molar-refractivity contribution in [2.45, 2.75) is 51.6 Å². The van der Waals surface area contributed by atoms with E-state index in [9.17, 15) is 9.59 Å². The first-order valence-corrected chi connectivity index (χ1v) is 11.8. The van der Waals surface area contributed by atoms with Gasteiger partial charge in [-0.25, -0.2) is 0 Å². The van der Waals surface area contributed by atoms with Crippen molar-refractivity contribution in [2.24, 2.45) is 11.8 Å². The van der Waals surface area contributed by atoms with Crippen molar-refractivity contribution in [2.75, 3.05) is 32.8 Å². The summed E-state index contributed by atoms with van der Waals surface area (Å²) in [4.78, 5) is 29.8. The number of hydrogen-bond donors (Lipinski definition) is 1. The molecule has 1 saturated carbocycles. The van der Waals surface area contributed by atoms with E-state index in [4.69, 9.17) is 4.74 Å². The van der Waals surface area contributed by atoms with E-state index in [0.29, 0.717) is 38.7 Å². The van der Waals surface area contributed by atoms with Gasteiger partial charge in [-0.1, -0.05) is 37.3 Å². The molecule has 2 amide bonds. The smallest absolute Gasteiger partial charge is 0.236 e. The number of piperidine rings is 1. The van der Waals surface area contributed by atoms with E-state index in [1.807, 2.05) is 23.1 Å². The number of para-hydroxylation sites is 1. The summed E-state index contributed by atoms with van der Waals surface area (Å²) >= 11 is 0. The quantitative estimate of drug-likeness (QED) is 0.737. The highest BCUT2D eigenvalue weighted by atomic mass is 16.5. The van der Waals surface area contributed by atoms with Crippen molar-refractivity contribution >= 4 is 11.8 Å². The number of carbonyl (C=O) groups is 2. The highest BCUT2D eigenvalue weighted by Gasteiger charge is 2.33. The van der Waals surface area contributed by atoms with Crippen LogP contribution in [0.2, 0.25) is 0 Å². The molecule has 6 heteroatoms. The molecule has 0 radical (unpaired) electrons. The Kier molecular flexibility index (Phi) is 7.28. The number of nitrogens with zero attached hydrogens (tertiary/aromatic N) is 2. The van der Waals surface area contributed by atoms with Crippen LogP contribution in [0.5, 0.6) is 5.75 Å². The van der Waals surface area contributed by atoms with Gasteiger partial charge in [-0.15, -0.1) is 0 Å². The Morgan fingerprint density at radius 1 is 1.19 bits per heavy atom. The van der Waals surface area contributed by atoms with Crippen LogP contribution in [0.1, 0.15) is 44.6 Å². The molecule has 2 heterocycles. The third kappa shape index (κ3) is 6.10. The molecule has 1 aromatic carbocycles. The molecule has 1 aromatic rings. The molecule has 2 aliphatic heterocycles. The van der Waals surface area contributed by atoms with Gasteiger partial charge < -0.3 is 15.0 Å². The third-order valence-electron chi connectivity index (χ3n) is 6.53. The van der Waals surface area contributed by atoms with Crippen molar-refractivity contribution < 1.29 is 14.3 Å². The van der Waals surface area contributed by atoms with Gasteiger partial charge in [-0.05, 0) is 50.1 Å². The minimum absolute atomic E-state index is 0.155. The van der Waals surface area contributed by atoms with Crippen LogP contribution in [0, 0.1) is 11.8 Å². The predicted octanol–water partition coefficient (Wildman–Crippen LogP) is 2.98. The highest BCUT2D eigenvalue weighted by Crippen LogP contribution is 2.29. The average Bonchev–Trinajstić information content (AvgIpc) is 3.56. The second-order valence-corrected chi connectivity index (χ2v) is 9.16. The summed E-state index contributed by atoms with van der Waals surface area (Å²) < 4.78 is 6.08. The lowest BCUT2D eigenvalue weighted by atomic mass is 9.82. The van der Waals surface area contributed by atoms with E-state index in [-0.39, 0.29) is 23.7 Å². The monoisotopic (exact) mass is 425 g/mol. The van der Waals surface area contributed by atoms with E-state index < -0.39 is 0 Å². The van der Waals surface area contributed by atoms with Crippen molar-refractivity contribution in [1.29, 1.82) is 0 Å². The van der Waals surface area contributed by atoms with E-state index >= 15 is 0 Å². The molecule has 4 rings (SSSR count). The lowest BCUT2D eigenvalue weighted by Gasteiger charge is -2.38. The number of nitrogens with one attached hydrogen (secondary N) is 1. The minimum atomic E-state index is 0.155. The molecule has 0 unspecified atom stereocenters. The summed E-state index contributed by atoms with van der Waals surface area (Å²) in [5.74, 6) is 1.67. The van der Waals surface area contributed by atoms with Crippen LogP contribution < -0.4 is 10.1 Å². The summed E-state index contributed by atoms with van der Waals surface area (Å²) in [5.41, 5.74) is 1.11. The van der Waals surface area contributed by atoms with Crippen LogP contribution in [0.25, 0.3) is 0 Å². The van der Waals surface area contributed by atoms with E-state index in [1.165, 1.54) is 0 Å². The molecule has 168 valence electrons. The van der Waals surface area contributed by atoms with Gasteiger partial charge in [0.15, 0.2) is 0 Å². The fourth-order valence-corrected chi connectivity index (χ4v) is 4.69. The first-order valence-electron chi connectivity index (χ1n) is 11.8. The van der Waals surface area contributed by atoms with Gasteiger partial charge in [0, 0.05) is 37.7 Å². The number of amides is 2. The Labute approximate surface area is 185 Å². The zero-order chi connectivity index (χ0) is 21.6. The van der Waals surface area contributed by atoms with Crippen LogP contribution in [-0.4, -0.2) is 60.4 Å². The molecule has 2 fully saturated rings. The third-order valence-corrected chi connectivity index (χ3v) is 6.53. The Hall–Kier alpha value is -2.34. The highest BCUT2D eigenvalue weighted by molar-refractivity contribution is 5.79. The van der Waals surface area contributed by atoms with E-state index in [1.54, 1.807) is 0 Å². The molecule has 6 nitrogen and oxygen atoms in total. The largest absolute Gasteiger partial charge is 0.489 e. The number of fused-ring (bicyclic) bond motifs is 3. The zero-order valence-corrected chi connectivity index (χ0v) is 18.6. The molecule has 1 aliphatic carbocycles. The average molecular weight is 426 g/mol. The van der Waals surface area contributed by atoms with E-state index in [0.717, 1.165) is 50.1 Å². The number of hydrogen-bond acceptors (Lipinski definition) is 4. The van der Waals surface area contributed by atoms with Crippen LogP contribution in [-0.2, 0) is 16.1 Å². The maximum atomic E-state index is 13.2. The normalized spacial score (nSPS) is 26.0. The number of carbonyl (C=O) groups excluding carboxylic acids is 2. The van der Waals surface area contributed by atoms with Crippen molar-refractivity contribution in [3.63, 3.8) is 0 Å². The summed E-state index contributed by atoms with van der Waals surface area (Å²) in [5, 5.41) is 3.12. The topological polar surface area (TPSA) is 61.9 Å². The van der Waals surface area contributed by atoms with Gasteiger partial charge in [-0.3, -0.25) is 14.5 Å². The summed E-state index contributed by atoms with van der Waals surface area (Å²) in [6, 6.07) is 8.49. The first-order chi connectivity index (χ1) is 15.1. The second-order valence-electron chi connectivity index (χ2n) is 9.16. The van der Waals surface area contributed by atoms with Crippen LogP contribution >= 0.6 is 0 Å². The molecular formula is C25H35N3O3. The maximum absolute atomic E-state index is 13.2. The predicted molar refractivity (Wildman–Crippen MR) is 121 cm³/mol. The number of benzene rings is 1. The fraction of sp³-hybridized carbons (Fsp3) is 0.600. The van der Waals surface area contributed by atoms with Crippen molar-refractivity contribution in [1.82, 2.24) is 15.1 Å². The van der Waals surface area contributed by atoms with Gasteiger partial charge >= 0.3 is 0 Å². The molecule has 1 saturated heterocycles. The van der Waals surface area contributed by atoms with Crippen molar-refractivity contribution in [3.8, 4) is 5.75 Å².